The molecule has 1 heterocycles. The van der Waals surface area contributed by atoms with Crippen molar-refractivity contribution in [2.75, 3.05) is 0 Å². The molecule has 0 bridgehead atoms. The number of hydrogen-bond donors (Lipinski definition) is 2. The van der Waals surface area contributed by atoms with Crippen molar-refractivity contribution in [3.63, 3.8) is 0 Å². The molecule has 13 heavy (non-hydrogen) atoms. The molecule has 2 rings (SSSR count). The number of nitrogens with one attached hydrogen (secondary N) is 1. The zero-order valence-corrected chi connectivity index (χ0v) is 7.50. The lowest BCUT2D eigenvalue weighted by Gasteiger charge is -1.99. The van der Waals surface area contributed by atoms with Crippen LogP contribution in [0.3, 0.4) is 0 Å². The first-order chi connectivity index (χ1) is 6.31. The number of aryl methyl sites for hydroxylation is 1. The molecule has 0 aliphatic carbocycles. The Kier molecular flexibility index (Phi) is 2.04. The second kappa shape index (κ2) is 3.20. The normalized spacial score (nSPS) is 10.9. The van der Waals surface area contributed by atoms with Crippen molar-refractivity contribution < 1.29 is 4.84 Å². The topological polar surface area (TPSA) is 51.0 Å². The van der Waals surface area contributed by atoms with Gasteiger partial charge in [-0.05, 0) is 30.2 Å². The van der Waals surface area contributed by atoms with Gasteiger partial charge in [0.2, 0.25) is 0 Å². The molecule has 0 saturated carbocycles. The van der Waals surface area contributed by atoms with Crippen LogP contribution in [0.2, 0.25) is 0 Å². The van der Waals surface area contributed by atoms with Gasteiger partial charge in [-0.25, -0.2) is 5.90 Å². The maximum absolute atomic E-state index is 5.01. The summed E-state index contributed by atoms with van der Waals surface area (Å²) in [4.78, 5) is 7.77. The van der Waals surface area contributed by atoms with Crippen LogP contribution in [-0.4, -0.2) is 4.98 Å². The number of hydrogen-bond acceptors (Lipinski definition) is 2. The van der Waals surface area contributed by atoms with Crippen molar-refractivity contribution in [2.24, 2.45) is 5.90 Å². The van der Waals surface area contributed by atoms with Crippen molar-refractivity contribution in [3.05, 3.63) is 35.5 Å². The molecule has 2 aromatic rings. The van der Waals surface area contributed by atoms with Crippen molar-refractivity contribution in [1.29, 1.82) is 0 Å². The summed E-state index contributed by atoms with van der Waals surface area (Å²) in [6, 6.07) is 6.13. The molecule has 0 amide bonds. The first-order valence-corrected chi connectivity index (χ1v) is 4.19. The molecule has 1 aromatic carbocycles. The lowest BCUT2D eigenvalue weighted by atomic mass is 10.1. The van der Waals surface area contributed by atoms with Crippen molar-refractivity contribution in [3.8, 4) is 0 Å². The molecular weight excluding hydrogens is 164 g/mol. The van der Waals surface area contributed by atoms with E-state index in [2.05, 4.69) is 22.8 Å². The Bertz CT molecular complexity index is 420. The molecule has 3 nitrogen and oxygen atoms in total. The number of nitrogens with two attached hydrogens (primary N) is 1. The summed E-state index contributed by atoms with van der Waals surface area (Å²) in [5.41, 5.74) is 3.49. The maximum atomic E-state index is 5.01. The zero-order chi connectivity index (χ0) is 9.26. The number of aromatic nitrogens is 1. The summed E-state index contributed by atoms with van der Waals surface area (Å²) in [5.74, 6) is 5.01. The SMILES string of the molecule is Cc1c[nH]c2ccc(CON)cc12. The first-order valence-electron chi connectivity index (χ1n) is 4.19. The van der Waals surface area contributed by atoms with E-state index >= 15 is 0 Å². The Hall–Kier alpha value is -1.32. The number of benzene rings is 1. The van der Waals surface area contributed by atoms with Gasteiger partial charge in [0.05, 0.1) is 6.61 Å². The lowest BCUT2D eigenvalue weighted by Crippen LogP contribution is -1.98. The van der Waals surface area contributed by atoms with E-state index in [1.807, 2.05) is 18.3 Å². The Morgan fingerprint density at radius 1 is 1.46 bits per heavy atom. The van der Waals surface area contributed by atoms with Gasteiger partial charge in [-0.3, -0.25) is 4.84 Å². The summed E-state index contributed by atoms with van der Waals surface area (Å²) >= 11 is 0. The van der Waals surface area contributed by atoms with Gasteiger partial charge in [-0.2, -0.15) is 0 Å². The highest BCUT2D eigenvalue weighted by atomic mass is 16.6. The highest BCUT2D eigenvalue weighted by molar-refractivity contribution is 5.83. The third-order valence-electron chi connectivity index (χ3n) is 2.20. The monoisotopic (exact) mass is 176 g/mol. The van der Waals surface area contributed by atoms with Crippen LogP contribution >= 0.6 is 0 Å². The molecule has 0 unspecified atom stereocenters. The van der Waals surface area contributed by atoms with Crippen LogP contribution in [0.25, 0.3) is 10.9 Å². The molecular formula is C10H12N2O. The summed E-state index contributed by atoms with van der Waals surface area (Å²) < 4.78 is 0. The fraction of sp³-hybridized carbons (Fsp3) is 0.200. The second-order valence-corrected chi connectivity index (χ2v) is 3.16. The predicted molar refractivity (Wildman–Crippen MR) is 52.0 cm³/mol. The molecule has 0 aliphatic rings. The van der Waals surface area contributed by atoms with Crippen LogP contribution in [0.1, 0.15) is 11.1 Å². The van der Waals surface area contributed by atoms with E-state index in [1.165, 1.54) is 10.9 Å². The highest BCUT2D eigenvalue weighted by Crippen LogP contribution is 2.18. The molecule has 3 N–H and O–H groups in total. The van der Waals surface area contributed by atoms with E-state index in [0.29, 0.717) is 6.61 Å². The second-order valence-electron chi connectivity index (χ2n) is 3.16. The van der Waals surface area contributed by atoms with Crippen LogP contribution < -0.4 is 5.90 Å². The van der Waals surface area contributed by atoms with Crippen LogP contribution in [-0.2, 0) is 11.4 Å². The Morgan fingerprint density at radius 2 is 2.31 bits per heavy atom. The van der Waals surface area contributed by atoms with Crippen LogP contribution in [0.5, 0.6) is 0 Å². The molecule has 1 aromatic heterocycles. The number of fused-ring (bicyclic) bond motifs is 1. The van der Waals surface area contributed by atoms with Gasteiger partial charge in [0.1, 0.15) is 0 Å². The predicted octanol–water partition coefficient (Wildman–Crippen LogP) is 1.87. The minimum absolute atomic E-state index is 0.459. The Balaban J connectivity index is 2.53. The van der Waals surface area contributed by atoms with Gasteiger partial charge in [-0.15, -0.1) is 0 Å². The van der Waals surface area contributed by atoms with Crippen LogP contribution in [0.15, 0.2) is 24.4 Å². The summed E-state index contributed by atoms with van der Waals surface area (Å²) in [6.45, 7) is 2.53. The Morgan fingerprint density at radius 3 is 3.08 bits per heavy atom. The molecule has 0 spiro atoms. The summed E-state index contributed by atoms with van der Waals surface area (Å²) in [6.07, 6.45) is 2.00. The van der Waals surface area contributed by atoms with E-state index in [-0.39, 0.29) is 0 Å². The standard InChI is InChI=1S/C10H12N2O/c1-7-5-12-10-3-2-8(6-13-11)4-9(7)10/h2-5,12H,6,11H2,1H3. The van der Waals surface area contributed by atoms with Gasteiger partial charge >= 0.3 is 0 Å². The van der Waals surface area contributed by atoms with Gasteiger partial charge in [-0.1, -0.05) is 6.07 Å². The first kappa shape index (κ1) is 8.29. The van der Waals surface area contributed by atoms with Crippen LogP contribution in [0, 0.1) is 6.92 Å². The smallest absolute Gasteiger partial charge is 0.0930 e. The summed E-state index contributed by atoms with van der Waals surface area (Å²) in [7, 11) is 0. The molecule has 3 heteroatoms. The third-order valence-corrected chi connectivity index (χ3v) is 2.20. The minimum atomic E-state index is 0.459. The number of H-pyrrole nitrogens is 1. The molecule has 68 valence electrons. The summed E-state index contributed by atoms with van der Waals surface area (Å²) in [5, 5.41) is 1.23. The average molecular weight is 176 g/mol. The van der Waals surface area contributed by atoms with E-state index in [1.54, 1.807) is 0 Å². The molecule has 0 fully saturated rings. The molecule has 0 saturated heterocycles. The number of rotatable bonds is 2. The molecule has 0 atom stereocenters. The van der Waals surface area contributed by atoms with Crippen molar-refractivity contribution in [2.45, 2.75) is 13.5 Å². The largest absolute Gasteiger partial charge is 0.361 e. The lowest BCUT2D eigenvalue weighted by molar-refractivity contribution is 0.124. The van der Waals surface area contributed by atoms with Gasteiger partial charge in [0.25, 0.3) is 0 Å². The highest BCUT2D eigenvalue weighted by Gasteiger charge is 2.00. The average Bonchev–Trinajstić information content (AvgIpc) is 2.49. The fourth-order valence-corrected chi connectivity index (χ4v) is 1.49. The van der Waals surface area contributed by atoms with Gasteiger partial charge < -0.3 is 4.98 Å². The maximum Gasteiger partial charge on any atom is 0.0930 e. The van der Waals surface area contributed by atoms with Crippen LogP contribution in [0.4, 0.5) is 0 Å². The van der Waals surface area contributed by atoms with Crippen molar-refractivity contribution >= 4 is 10.9 Å². The minimum Gasteiger partial charge on any atom is -0.361 e. The van der Waals surface area contributed by atoms with Gasteiger partial charge in [0.15, 0.2) is 0 Å². The van der Waals surface area contributed by atoms with E-state index in [4.69, 9.17) is 5.90 Å². The quantitative estimate of drug-likeness (QED) is 0.686. The zero-order valence-electron chi connectivity index (χ0n) is 7.50. The van der Waals surface area contributed by atoms with Crippen molar-refractivity contribution in [1.82, 2.24) is 4.98 Å². The van der Waals surface area contributed by atoms with E-state index in [9.17, 15) is 0 Å². The van der Waals surface area contributed by atoms with E-state index in [0.717, 1.165) is 11.1 Å². The molecule has 0 aliphatic heterocycles. The Labute approximate surface area is 76.5 Å². The number of aromatic amines is 1. The van der Waals surface area contributed by atoms with Gasteiger partial charge in [0, 0.05) is 17.1 Å². The fourth-order valence-electron chi connectivity index (χ4n) is 1.49. The molecule has 0 radical (unpaired) electrons. The van der Waals surface area contributed by atoms with E-state index < -0.39 is 0 Å². The third kappa shape index (κ3) is 1.43.